The van der Waals surface area contributed by atoms with Crippen molar-refractivity contribution in [1.82, 2.24) is 0 Å². The van der Waals surface area contributed by atoms with E-state index in [9.17, 15) is 9.59 Å². The van der Waals surface area contributed by atoms with Gasteiger partial charge in [0.1, 0.15) is 0 Å². The van der Waals surface area contributed by atoms with E-state index in [4.69, 9.17) is 16.7 Å². The lowest BCUT2D eigenvalue weighted by atomic mass is 9.99. The molecule has 0 saturated carbocycles. The predicted molar refractivity (Wildman–Crippen MR) is 98.6 cm³/mol. The zero-order chi connectivity index (χ0) is 18.0. The first-order valence-electron chi connectivity index (χ1n) is 8.01. The lowest BCUT2D eigenvalue weighted by Crippen LogP contribution is -2.03. The third-order valence-electron chi connectivity index (χ3n) is 4.36. The fourth-order valence-electron chi connectivity index (χ4n) is 3.20. The van der Waals surface area contributed by atoms with Crippen LogP contribution in [0.1, 0.15) is 33.5 Å². The molecule has 1 aromatic carbocycles. The molecule has 0 unspecified atom stereocenters. The van der Waals surface area contributed by atoms with Crippen molar-refractivity contribution in [2.75, 3.05) is 0 Å². The van der Waals surface area contributed by atoms with Crippen LogP contribution in [0, 0.1) is 6.92 Å². The Morgan fingerprint density at radius 2 is 1.72 bits per heavy atom. The standard InChI is InChI=1S/C21H17ClO3/c1-13-16(10-11-19(23)24)17-8-3-2-4-9-18(17)20(13)21(25)14-6-5-7-15(22)12-14/h2-9,12H,10-11H2,1H3,(H,23,24). The summed E-state index contributed by atoms with van der Waals surface area (Å²) in [6, 6.07) is 16.4. The minimum absolute atomic E-state index is 0.0311. The van der Waals surface area contributed by atoms with Crippen LogP contribution in [-0.2, 0) is 11.2 Å². The highest BCUT2D eigenvalue weighted by molar-refractivity contribution is 6.31. The number of rotatable bonds is 5. The molecule has 25 heavy (non-hydrogen) atoms. The summed E-state index contributed by atoms with van der Waals surface area (Å²) in [6.07, 6.45) is 0.424. The van der Waals surface area contributed by atoms with Crippen molar-refractivity contribution in [1.29, 1.82) is 0 Å². The smallest absolute Gasteiger partial charge is 0.303 e. The number of hydrogen-bond acceptors (Lipinski definition) is 2. The molecule has 3 nitrogen and oxygen atoms in total. The van der Waals surface area contributed by atoms with Crippen LogP contribution in [0.3, 0.4) is 0 Å². The molecule has 0 atom stereocenters. The molecule has 2 aliphatic carbocycles. The maximum absolute atomic E-state index is 13.1. The van der Waals surface area contributed by atoms with Crippen molar-refractivity contribution in [3.63, 3.8) is 0 Å². The van der Waals surface area contributed by atoms with E-state index >= 15 is 0 Å². The molecule has 0 spiro atoms. The van der Waals surface area contributed by atoms with Crippen LogP contribution in [0.5, 0.6) is 0 Å². The van der Waals surface area contributed by atoms with Gasteiger partial charge < -0.3 is 5.11 Å². The molecule has 0 aromatic heterocycles. The fourth-order valence-corrected chi connectivity index (χ4v) is 3.39. The Labute approximate surface area is 151 Å². The Morgan fingerprint density at radius 3 is 2.40 bits per heavy atom. The number of hydrogen-bond donors (Lipinski definition) is 1. The highest BCUT2D eigenvalue weighted by Gasteiger charge is 2.25. The lowest BCUT2D eigenvalue weighted by molar-refractivity contribution is -0.136. The number of halogens is 1. The summed E-state index contributed by atoms with van der Waals surface area (Å²) in [5.41, 5.74) is 4.67. The minimum atomic E-state index is -0.850. The van der Waals surface area contributed by atoms with Crippen molar-refractivity contribution in [3.8, 4) is 11.1 Å². The van der Waals surface area contributed by atoms with Gasteiger partial charge in [0, 0.05) is 22.6 Å². The van der Waals surface area contributed by atoms with Gasteiger partial charge in [0.25, 0.3) is 0 Å². The summed E-state index contributed by atoms with van der Waals surface area (Å²) in [7, 11) is 0. The van der Waals surface area contributed by atoms with Gasteiger partial charge in [0.2, 0.25) is 0 Å². The molecule has 2 aliphatic rings. The molecule has 0 radical (unpaired) electrons. The van der Waals surface area contributed by atoms with Crippen molar-refractivity contribution in [2.24, 2.45) is 0 Å². The van der Waals surface area contributed by atoms with E-state index in [2.05, 4.69) is 0 Å². The summed E-state index contributed by atoms with van der Waals surface area (Å²) in [5, 5.41) is 9.54. The molecule has 0 fully saturated rings. The van der Waals surface area contributed by atoms with Gasteiger partial charge in [-0.3, -0.25) is 9.59 Å². The normalized spacial score (nSPS) is 10.8. The molecule has 0 saturated heterocycles. The zero-order valence-electron chi connectivity index (χ0n) is 13.8. The molecule has 1 N–H and O–H groups in total. The van der Waals surface area contributed by atoms with Crippen LogP contribution in [0.15, 0.2) is 54.6 Å². The van der Waals surface area contributed by atoms with Crippen molar-refractivity contribution < 1.29 is 14.7 Å². The number of carbonyl (C=O) groups is 2. The molecule has 0 heterocycles. The third-order valence-corrected chi connectivity index (χ3v) is 4.60. The van der Waals surface area contributed by atoms with Crippen LogP contribution < -0.4 is 0 Å². The van der Waals surface area contributed by atoms with Gasteiger partial charge in [0.05, 0.1) is 0 Å². The van der Waals surface area contributed by atoms with Gasteiger partial charge >= 0.3 is 5.97 Å². The van der Waals surface area contributed by atoms with Gasteiger partial charge in [-0.25, -0.2) is 0 Å². The van der Waals surface area contributed by atoms with E-state index in [1.165, 1.54) is 0 Å². The number of aliphatic carboxylic acids is 1. The average Bonchev–Trinajstić information content (AvgIpc) is 2.72. The molecule has 0 amide bonds. The maximum atomic E-state index is 13.1. The quantitative estimate of drug-likeness (QED) is 0.657. The first kappa shape index (κ1) is 17.2. The summed E-state index contributed by atoms with van der Waals surface area (Å²) < 4.78 is 0. The zero-order valence-corrected chi connectivity index (χ0v) is 14.5. The van der Waals surface area contributed by atoms with Crippen LogP contribution in [-0.4, -0.2) is 16.9 Å². The Bertz CT molecular complexity index is 930. The third kappa shape index (κ3) is 3.42. The second-order valence-corrected chi connectivity index (χ2v) is 6.39. The van der Waals surface area contributed by atoms with E-state index in [1.807, 2.05) is 37.3 Å². The van der Waals surface area contributed by atoms with Crippen molar-refractivity contribution >= 4 is 23.4 Å². The van der Waals surface area contributed by atoms with E-state index in [0.29, 0.717) is 22.6 Å². The molecule has 0 bridgehead atoms. The Hall–Kier alpha value is -2.65. The molecular formula is C21H17ClO3. The summed E-state index contributed by atoms with van der Waals surface area (Å²) in [4.78, 5) is 24.1. The summed E-state index contributed by atoms with van der Waals surface area (Å²) >= 11 is 6.03. The van der Waals surface area contributed by atoms with Crippen LogP contribution in [0.4, 0.5) is 0 Å². The second-order valence-electron chi connectivity index (χ2n) is 5.95. The molecular weight excluding hydrogens is 336 g/mol. The Balaban J connectivity index is 2.16. The van der Waals surface area contributed by atoms with Crippen molar-refractivity contribution in [3.05, 3.63) is 81.9 Å². The molecule has 0 aliphatic heterocycles. The number of carboxylic acid groups (broad SMARTS) is 1. The highest BCUT2D eigenvalue weighted by Crippen LogP contribution is 2.38. The fraction of sp³-hybridized carbons (Fsp3) is 0.143. The Kier molecular flexibility index (Phi) is 4.86. The number of carboxylic acids is 1. The first-order chi connectivity index (χ1) is 12.0. The monoisotopic (exact) mass is 352 g/mol. The number of benzene rings is 1. The van der Waals surface area contributed by atoms with Gasteiger partial charge in [-0.15, -0.1) is 0 Å². The summed E-state index contributed by atoms with van der Waals surface area (Å²) in [5.74, 6) is -0.949. The van der Waals surface area contributed by atoms with Crippen LogP contribution in [0.2, 0.25) is 5.02 Å². The summed E-state index contributed by atoms with van der Waals surface area (Å²) in [6.45, 7) is 1.88. The Morgan fingerprint density at radius 1 is 1.00 bits per heavy atom. The number of carbonyl (C=O) groups excluding carboxylic acids is 1. The van der Waals surface area contributed by atoms with Gasteiger partial charge in [-0.05, 0) is 47.7 Å². The van der Waals surface area contributed by atoms with E-state index in [1.54, 1.807) is 24.3 Å². The average molecular weight is 353 g/mol. The number of ketones is 1. The van der Waals surface area contributed by atoms with Crippen LogP contribution in [0.25, 0.3) is 11.1 Å². The highest BCUT2D eigenvalue weighted by atomic mass is 35.5. The number of fused-ring (bicyclic) bond motifs is 1. The first-order valence-corrected chi connectivity index (χ1v) is 8.39. The van der Waals surface area contributed by atoms with Crippen molar-refractivity contribution in [2.45, 2.75) is 19.8 Å². The largest absolute Gasteiger partial charge is 0.481 e. The van der Waals surface area contributed by atoms with Gasteiger partial charge in [0.15, 0.2) is 5.78 Å². The minimum Gasteiger partial charge on any atom is -0.481 e. The second kappa shape index (κ2) is 7.08. The SMILES string of the molecule is Cc1c(CCC(=O)O)c2cccccc-2c1C(=O)c1cccc(Cl)c1. The molecule has 1 aromatic rings. The lowest BCUT2D eigenvalue weighted by Gasteiger charge is -2.04. The van der Waals surface area contributed by atoms with Crippen LogP contribution >= 0.6 is 11.6 Å². The maximum Gasteiger partial charge on any atom is 0.303 e. The van der Waals surface area contributed by atoms with E-state index in [0.717, 1.165) is 22.3 Å². The van der Waals surface area contributed by atoms with Gasteiger partial charge in [-0.2, -0.15) is 0 Å². The molecule has 4 heteroatoms. The van der Waals surface area contributed by atoms with Gasteiger partial charge in [-0.1, -0.05) is 54.1 Å². The van der Waals surface area contributed by atoms with E-state index < -0.39 is 5.97 Å². The predicted octanol–water partition coefficient (Wildman–Crippen LogP) is 5.00. The topological polar surface area (TPSA) is 54.4 Å². The molecule has 3 rings (SSSR count). The molecule has 126 valence electrons. The van der Waals surface area contributed by atoms with E-state index in [-0.39, 0.29) is 12.2 Å².